The Morgan fingerprint density at radius 1 is 1.21 bits per heavy atom. The van der Waals surface area contributed by atoms with E-state index in [1.165, 1.54) is 19.3 Å². The number of amides is 1. The van der Waals surface area contributed by atoms with Crippen LogP contribution in [-0.4, -0.2) is 54.5 Å². The number of rotatable bonds is 5. The molecule has 4 heteroatoms. The van der Waals surface area contributed by atoms with Crippen molar-refractivity contribution >= 4 is 5.91 Å². The second kappa shape index (κ2) is 7.25. The number of nitrogens with two attached hydrogens (primary N) is 1. The smallest absolute Gasteiger partial charge is 0.240 e. The van der Waals surface area contributed by atoms with E-state index >= 15 is 0 Å². The molecule has 112 valence electrons. The molecule has 0 radical (unpaired) electrons. The fourth-order valence-electron chi connectivity index (χ4n) is 3.09. The van der Waals surface area contributed by atoms with E-state index in [2.05, 4.69) is 25.9 Å². The van der Waals surface area contributed by atoms with Crippen LogP contribution in [0, 0.1) is 5.92 Å². The van der Waals surface area contributed by atoms with Gasteiger partial charge in [-0.05, 0) is 39.8 Å². The molecule has 0 heterocycles. The Kier molecular flexibility index (Phi) is 6.27. The van der Waals surface area contributed by atoms with Gasteiger partial charge in [0.25, 0.3) is 0 Å². The number of hydrogen-bond acceptors (Lipinski definition) is 3. The predicted octanol–water partition coefficient (Wildman–Crippen LogP) is 1.69. The summed E-state index contributed by atoms with van der Waals surface area (Å²) in [6, 6.07) is 0.424. The number of hydrogen-bond donors (Lipinski definition) is 1. The highest BCUT2D eigenvalue weighted by atomic mass is 16.2. The minimum atomic E-state index is -0.371. The third-order valence-electron chi connectivity index (χ3n) is 4.38. The van der Waals surface area contributed by atoms with Gasteiger partial charge in [-0.25, -0.2) is 0 Å². The molecule has 0 aromatic carbocycles. The SMILES string of the molecule is CCN(C(=O)[C@@H](N)C(C)C)[C@H]1CCCC[C@H]1N(C)C. The van der Waals surface area contributed by atoms with Crippen molar-refractivity contribution in [3.05, 3.63) is 0 Å². The molecular weight excluding hydrogens is 238 g/mol. The van der Waals surface area contributed by atoms with Crippen LogP contribution >= 0.6 is 0 Å². The van der Waals surface area contributed by atoms with E-state index in [0.29, 0.717) is 12.1 Å². The topological polar surface area (TPSA) is 49.6 Å². The zero-order chi connectivity index (χ0) is 14.6. The zero-order valence-electron chi connectivity index (χ0n) is 13.2. The summed E-state index contributed by atoms with van der Waals surface area (Å²) in [6.07, 6.45) is 4.77. The van der Waals surface area contributed by atoms with Crippen LogP contribution in [0.2, 0.25) is 0 Å². The van der Waals surface area contributed by atoms with E-state index < -0.39 is 0 Å². The molecule has 0 saturated heterocycles. The lowest BCUT2D eigenvalue weighted by Crippen LogP contribution is -2.57. The van der Waals surface area contributed by atoms with Crippen LogP contribution in [0.3, 0.4) is 0 Å². The van der Waals surface area contributed by atoms with Gasteiger partial charge in [0.2, 0.25) is 5.91 Å². The second-order valence-corrected chi connectivity index (χ2v) is 6.28. The summed E-state index contributed by atoms with van der Waals surface area (Å²) in [6.45, 7) is 6.85. The summed E-state index contributed by atoms with van der Waals surface area (Å²) in [5.74, 6) is 0.319. The molecule has 19 heavy (non-hydrogen) atoms. The fourth-order valence-corrected chi connectivity index (χ4v) is 3.09. The monoisotopic (exact) mass is 269 g/mol. The molecule has 1 saturated carbocycles. The maximum atomic E-state index is 12.6. The zero-order valence-corrected chi connectivity index (χ0v) is 13.2. The van der Waals surface area contributed by atoms with E-state index in [9.17, 15) is 4.79 Å². The maximum absolute atomic E-state index is 12.6. The summed E-state index contributed by atoms with van der Waals surface area (Å²) >= 11 is 0. The number of nitrogens with zero attached hydrogens (tertiary/aromatic N) is 2. The average Bonchev–Trinajstić information content (AvgIpc) is 2.38. The van der Waals surface area contributed by atoms with Gasteiger partial charge in [0.15, 0.2) is 0 Å². The Hall–Kier alpha value is -0.610. The minimum absolute atomic E-state index is 0.122. The first-order valence-electron chi connectivity index (χ1n) is 7.62. The Morgan fingerprint density at radius 3 is 2.16 bits per heavy atom. The normalized spacial score (nSPS) is 25.7. The van der Waals surface area contributed by atoms with Gasteiger partial charge in [-0.1, -0.05) is 26.7 Å². The van der Waals surface area contributed by atoms with Crippen molar-refractivity contribution in [1.29, 1.82) is 0 Å². The van der Waals surface area contributed by atoms with E-state index in [1.807, 2.05) is 18.7 Å². The number of carbonyl (C=O) groups is 1. The van der Waals surface area contributed by atoms with Gasteiger partial charge in [0, 0.05) is 18.6 Å². The standard InChI is InChI=1S/C15H31N3O/c1-6-18(15(19)14(16)11(2)3)13-10-8-7-9-12(13)17(4)5/h11-14H,6-10,16H2,1-5H3/t12-,13+,14+/m1/s1. The van der Waals surface area contributed by atoms with Crippen molar-refractivity contribution in [3.8, 4) is 0 Å². The quantitative estimate of drug-likeness (QED) is 0.826. The van der Waals surface area contributed by atoms with Crippen molar-refractivity contribution in [1.82, 2.24) is 9.80 Å². The summed E-state index contributed by atoms with van der Waals surface area (Å²) in [4.78, 5) is 16.9. The molecular formula is C15H31N3O. The Morgan fingerprint density at radius 2 is 1.74 bits per heavy atom. The van der Waals surface area contributed by atoms with Crippen molar-refractivity contribution in [2.24, 2.45) is 11.7 Å². The van der Waals surface area contributed by atoms with Crippen molar-refractivity contribution < 1.29 is 4.79 Å². The number of carbonyl (C=O) groups excluding carboxylic acids is 1. The van der Waals surface area contributed by atoms with E-state index in [1.54, 1.807) is 0 Å². The molecule has 1 aliphatic carbocycles. The van der Waals surface area contributed by atoms with Gasteiger partial charge in [-0.3, -0.25) is 4.79 Å². The Labute approximate surface area is 118 Å². The summed E-state index contributed by atoms with van der Waals surface area (Å²) in [5.41, 5.74) is 6.06. The second-order valence-electron chi connectivity index (χ2n) is 6.28. The Bertz CT molecular complexity index is 291. The minimum Gasteiger partial charge on any atom is -0.337 e. The lowest BCUT2D eigenvalue weighted by atomic mass is 9.87. The van der Waals surface area contributed by atoms with E-state index in [0.717, 1.165) is 13.0 Å². The third-order valence-corrected chi connectivity index (χ3v) is 4.38. The molecule has 1 fully saturated rings. The van der Waals surface area contributed by atoms with Crippen LogP contribution in [-0.2, 0) is 4.79 Å². The van der Waals surface area contributed by atoms with Crippen molar-refractivity contribution in [2.45, 2.75) is 64.6 Å². The summed E-state index contributed by atoms with van der Waals surface area (Å²) in [7, 11) is 4.23. The highest BCUT2D eigenvalue weighted by molar-refractivity contribution is 5.82. The molecule has 0 spiro atoms. The molecule has 4 nitrogen and oxygen atoms in total. The number of likely N-dealkylation sites (N-methyl/N-ethyl adjacent to an activating group) is 2. The van der Waals surface area contributed by atoms with Gasteiger partial charge in [0.1, 0.15) is 0 Å². The van der Waals surface area contributed by atoms with E-state index in [4.69, 9.17) is 5.73 Å². The molecule has 0 aromatic rings. The highest BCUT2D eigenvalue weighted by Gasteiger charge is 2.35. The van der Waals surface area contributed by atoms with Gasteiger partial charge in [-0.2, -0.15) is 0 Å². The van der Waals surface area contributed by atoms with Crippen molar-refractivity contribution in [3.63, 3.8) is 0 Å². The van der Waals surface area contributed by atoms with Crippen LogP contribution in [0.5, 0.6) is 0 Å². The average molecular weight is 269 g/mol. The van der Waals surface area contributed by atoms with Gasteiger partial charge >= 0.3 is 0 Å². The predicted molar refractivity (Wildman–Crippen MR) is 79.9 cm³/mol. The van der Waals surface area contributed by atoms with Crippen LogP contribution in [0.25, 0.3) is 0 Å². The maximum Gasteiger partial charge on any atom is 0.240 e. The van der Waals surface area contributed by atoms with Crippen LogP contribution in [0.4, 0.5) is 0 Å². The van der Waals surface area contributed by atoms with Crippen LogP contribution in [0.15, 0.2) is 0 Å². The first kappa shape index (κ1) is 16.4. The molecule has 0 unspecified atom stereocenters. The molecule has 0 bridgehead atoms. The summed E-state index contributed by atoms with van der Waals surface area (Å²) < 4.78 is 0. The van der Waals surface area contributed by atoms with Gasteiger partial charge < -0.3 is 15.5 Å². The largest absolute Gasteiger partial charge is 0.337 e. The third kappa shape index (κ3) is 3.93. The van der Waals surface area contributed by atoms with Gasteiger partial charge in [-0.15, -0.1) is 0 Å². The molecule has 0 aromatic heterocycles. The molecule has 1 amide bonds. The van der Waals surface area contributed by atoms with E-state index in [-0.39, 0.29) is 17.9 Å². The fraction of sp³-hybridized carbons (Fsp3) is 0.933. The molecule has 1 aliphatic rings. The van der Waals surface area contributed by atoms with Crippen LogP contribution < -0.4 is 5.73 Å². The first-order chi connectivity index (χ1) is 8.90. The highest BCUT2D eigenvalue weighted by Crippen LogP contribution is 2.26. The molecule has 0 aliphatic heterocycles. The lowest BCUT2D eigenvalue weighted by Gasteiger charge is -2.43. The lowest BCUT2D eigenvalue weighted by molar-refractivity contribution is -0.137. The first-order valence-corrected chi connectivity index (χ1v) is 7.62. The van der Waals surface area contributed by atoms with Crippen LogP contribution in [0.1, 0.15) is 46.5 Å². The Balaban J connectivity index is 2.84. The molecule has 3 atom stereocenters. The van der Waals surface area contributed by atoms with Crippen molar-refractivity contribution in [2.75, 3.05) is 20.6 Å². The van der Waals surface area contributed by atoms with Gasteiger partial charge in [0.05, 0.1) is 6.04 Å². The summed E-state index contributed by atoms with van der Waals surface area (Å²) in [5, 5.41) is 0. The molecule has 1 rings (SSSR count). The molecule has 2 N–H and O–H groups in total.